The second kappa shape index (κ2) is 11.0. The molecule has 7 heteroatoms. The number of hydrogen-bond acceptors (Lipinski definition) is 6. The molecular formula is C17H24N2O5. The molecule has 0 aromatic heterocycles. The lowest BCUT2D eigenvalue weighted by Gasteiger charge is -2.03. The van der Waals surface area contributed by atoms with Gasteiger partial charge >= 0.3 is 5.97 Å². The molecule has 0 aliphatic heterocycles. The van der Waals surface area contributed by atoms with Crippen LogP contribution in [-0.4, -0.2) is 37.4 Å². The largest absolute Gasteiger partial charge is 0.507 e. The van der Waals surface area contributed by atoms with E-state index in [0.29, 0.717) is 24.2 Å². The summed E-state index contributed by atoms with van der Waals surface area (Å²) in [5.74, 6) is 0.176. The van der Waals surface area contributed by atoms with Gasteiger partial charge in [0.05, 0.1) is 20.4 Å². The molecule has 0 saturated carbocycles. The number of carbonyl (C=O) groups excluding carboxylic acids is 2. The molecule has 1 aromatic carbocycles. The van der Waals surface area contributed by atoms with Gasteiger partial charge in [0.1, 0.15) is 11.5 Å². The first-order chi connectivity index (χ1) is 11.6. The first-order valence-corrected chi connectivity index (χ1v) is 7.82. The van der Waals surface area contributed by atoms with Crippen molar-refractivity contribution < 1.29 is 24.2 Å². The van der Waals surface area contributed by atoms with Crippen molar-refractivity contribution >= 4 is 18.1 Å². The van der Waals surface area contributed by atoms with E-state index < -0.39 is 0 Å². The van der Waals surface area contributed by atoms with E-state index in [0.717, 1.165) is 25.7 Å². The topological polar surface area (TPSA) is 97.2 Å². The van der Waals surface area contributed by atoms with Gasteiger partial charge in [-0.1, -0.05) is 12.8 Å². The van der Waals surface area contributed by atoms with Crippen LogP contribution in [0.5, 0.6) is 11.5 Å². The van der Waals surface area contributed by atoms with Gasteiger partial charge in [0.15, 0.2) is 0 Å². The number of hydrogen-bond donors (Lipinski definition) is 2. The maximum Gasteiger partial charge on any atom is 0.305 e. The van der Waals surface area contributed by atoms with Crippen LogP contribution in [-0.2, 0) is 14.3 Å². The second-order valence-corrected chi connectivity index (χ2v) is 5.21. The maximum absolute atomic E-state index is 11.6. The zero-order valence-electron chi connectivity index (χ0n) is 14.1. The van der Waals surface area contributed by atoms with Crippen molar-refractivity contribution in [1.82, 2.24) is 5.43 Å². The summed E-state index contributed by atoms with van der Waals surface area (Å²) in [6.45, 7) is 0. The molecule has 0 radical (unpaired) electrons. The summed E-state index contributed by atoms with van der Waals surface area (Å²) in [5, 5.41) is 13.6. The number of ether oxygens (including phenoxy) is 2. The molecule has 0 atom stereocenters. The van der Waals surface area contributed by atoms with Gasteiger partial charge in [-0.3, -0.25) is 9.59 Å². The quantitative estimate of drug-likeness (QED) is 0.296. The van der Waals surface area contributed by atoms with Crippen LogP contribution < -0.4 is 10.2 Å². The molecule has 24 heavy (non-hydrogen) atoms. The minimum Gasteiger partial charge on any atom is -0.507 e. The van der Waals surface area contributed by atoms with E-state index >= 15 is 0 Å². The fourth-order valence-electron chi connectivity index (χ4n) is 2.00. The Morgan fingerprint density at radius 2 is 1.88 bits per heavy atom. The van der Waals surface area contributed by atoms with Crippen molar-refractivity contribution in [3.05, 3.63) is 23.8 Å². The summed E-state index contributed by atoms with van der Waals surface area (Å²) in [6, 6.07) is 4.81. The van der Waals surface area contributed by atoms with Crippen molar-refractivity contribution in [2.45, 2.75) is 38.5 Å². The zero-order chi connectivity index (χ0) is 17.8. The average Bonchev–Trinajstić information content (AvgIpc) is 2.58. The third-order valence-corrected chi connectivity index (χ3v) is 3.39. The summed E-state index contributed by atoms with van der Waals surface area (Å²) in [4.78, 5) is 22.5. The average molecular weight is 336 g/mol. The van der Waals surface area contributed by atoms with Crippen LogP contribution in [0, 0.1) is 0 Å². The van der Waals surface area contributed by atoms with Gasteiger partial charge in [0, 0.05) is 24.5 Å². The van der Waals surface area contributed by atoms with Crippen molar-refractivity contribution in [1.29, 1.82) is 0 Å². The highest BCUT2D eigenvalue weighted by molar-refractivity contribution is 5.85. The number of phenols is 1. The fourth-order valence-corrected chi connectivity index (χ4v) is 2.00. The van der Waals surface area contributed by atoms with Gasteiger partial charge in [-0.05, 0) is 25.0 Å². The number of methoxy groups -OCH3 is 2. The zero-order valence-corrected chi connectivity index (χ0v) is 14.1. The highest BCUT2D eigenvalue weighted by atomic mass is 16.5. The number of hydrazone groups is 1. The van der Waals surface area contributed by atoms with E-state index in [9.17, 15) is 14.7 Å². The molecule has 0 fully saturated rings. The predicted molar refractivity (Wildman–Crippen MR) is 90.1 cm³/mol. The summed E-state index contributed by atoms with van der Waals surface area (Å²) < 4.78 is 9.54. The van der Waals surface area contributed by atoms with E-state index in [1.165, 1.54) is 26.5 Å². The Labute approximate surface area is 141 Å². The van der Waals surface area contributed by atoms with Gasteiger partial charge < -0.3 is 14.6 Å². The number of nitrogens with one attached hydrogen (secondary N) is 1. The van der Waals surface area contributed by atoms with Crippen LogP contribution in [0.1, 0.15) is 44.1 Å². The van der Waals surface area contributed by atoms with E-state index in [1.54, 1.807) is 12.1 Å². The Morgan fingerprint density at radius 3 is 2.50 bits per heavy atom. The Hall–Kier alpha value is -2.57. The smallest absolute Gasteiger partial charge is 0.305 e. The number of rotatable bonds is 10. The molecule has 1 rings (SSSR count). The molecule has 132 valence electrons. The number of benzene rings is 1. The van der Waals surface area contributed by atoms with Gasteiger partial charge in [-0.25, -0.2) is 5.43 Å². The highest BCUT2D eigenvalue weighted by Crippen LogP contribution is 2.21. The third kappa shape index (κ3) is 7.62. The first kappa shape index (κ1) is 19.5. The molecule has 0 aliphatic carbocycles. The number of unbranched alkanes of at least 4 members (excludes halogenated alkanes) is 3. The lowest BCUT2D eigenvalue weighted by atomic mass is 10.1. The molecule has 1 amide bonds. The van der Waals surface area contributed by atoms with Crippen LogP contribution >= 0.6 is 0 Å². The van der Waals surface area contributed by atoms with Crippen molar-refractivity contribution in [2.75, 3.05) is 14.2 Å². The van der Waals surface area contributed by atoms with Gasteiger partial charge in [-0.2, -0.15) is 5.10 Å². The van der Waals surface area contributed by atoms with Crippen LogP contribution in [0.2, 0.25) is 0 Å². The summed E-state index contributed by atoms with van der Waals surface area (Å²) >= 11 is 0. The number of nitrogens with zero attached hydrogens (tertiary/aromatic N) is 1. The summed E-state index contributed by atoms with van der Waals surface area (Å²) in [7, 11) is 2.89. The minimum atomic E-state index is -0.205. The number of carbonyl (C=O) groups is 2. The van der Waals surface area contributed by atoms with Crippen molar-refractivity contribution in [3.8, 4) is 11.5 Å². The number of aromatic hydroxyl groups is 1. The number of phenolic OH excluding ortho intramolecular Hbond substituents is 1. The summed E-state index contributed by atoms with van der Waals surface area (Å²) in [5.41, 5.74) is 2.90. The van der Waals surface area contributed by atoms with E-state index in [-0.39, 0.29) is 17.6 Å². The van der Waals surface area contributed by atoms with Crippen LogP contribution in [0.15, 0.2) is 23.3 Å². The van der Waals surface area contributed by atoms with Crippen molar-refractivity contribution in [2.24, 2.45) is 5.10 Å². The highest BCUT2D eigenvalue weighted by Gasteiger charge is 2.03. The molecule has 1 aromatic rings. The number of amides is 1. The first-order valence-electron chi connectivity index (χ1n) is 7.82. The van der Waals surface area contributed by atoms with E-state index in [1.807, 2.05) is 0 Å². The van der Waals surface area contributed by atoms with Crippen LogP contribution in [0.25, 0.3) is 0 Å². The molecule has 7 nitrogen and oxygen atoms in total. The van der Waals surface area contributed by atoms with Crippen LogP contribution in [0.4, 0.5) is 0 Å². The molecule has 0 unspecified atom stereocenters. The minimum absolute atomic E-state index is 0.0259. The van der Waals surface area contributed by atoms with Gasteiger partial charge in [-0.15, -0.1) is 0 Å². The molecule has 0 spiro atoms. The monoisotopic (exact) mass is 336 g/mol. The maximum atomic E-state index is 11.6. The third-order valence-electron chi connectivity index (χ3n) is 3.39. The second-order valence-electron chi connectivity index (χ2n) is 5.21. The molecule has 0 heterocycles. The van der Waals surface area contributed by atoms with Crippen molar-refractivity contribution in [3.63, 3.8) is 0 Å². The Balaban J connectivity index is 2.20. The normalized spacial score (nSPS) is 10.6. The van der Waals surface area contributed by atoms with Gasteiger partial charge in [0.2, 0.25) is 5.91 Å². The Morgan fingerprint density at radius 1 is 1.17 bits per heavy atom. The lowest BCUT2D eigenvalue weighted by Crippen LogP contribution is -2.16. The molecule has 0 saturated heterocycles. The standard InChI is InChI=1S/C17H24N2O5/c1-23-14-10-9-13(15(20)11-14)12-18-19-16(21)7-5-3-4-6-8-17(22)24-2/h9-12,20H,3-8H2,1-2H3,(H,19,21)/b18-12+. The van der Waals surface area contributed by atoms with Gasteiger partial charge in [0.25, 0.3) is 0 Å². The lowest BCUT2D eigenvalue weighted by molar-refractivity contribution is -0.140. The Kier molecular flexibility index (Phi) is 8.96. The molecule has 0 aliphatic rings. The SMILES string of the molecule is COC(=O)CCCCCCC(=O)N/N=C/c1ccc(OC)cc1O. The molecule has 0 bridgehead atoms. The molecular weight excluding hydrogens is 312 g/mol. The Bertz CT molecular complexity index is 572. The fraction of sp³-hybridized carbons (Fsp3) is 0.471. The van der Waals surface area contributed by atoms with E-state index in [4.69, 9.17) is 4.74 Å². The van der Waals surface area contributed by atoms with Crippen LogP contribution in [0.3, 0.4) is 0 Å². The predicted octanol–water partition coefficient (Wildman–Crippen LogP) is 2.36. The summed E-state index contributed by atoms with van der Waals surface area (Å²) in [6.07, 6.45) is 5.41. The van der Waals surface area contributed by atoms with E-state index in [2.05, 4.69) is 15.3 Å². The molecule has 2 N–H and O–H groups in total. The number of esters is 1.